The first-order chi connectivity index (χ1) is 16.4. The van der Waals surface area contributed by atoms with Crippen LogP contribution >= 0.6 is 0 Å². The molecule has 1 N–H and O–H groups in total. The van der Waals surface area contributed by atoms with E-state index in [2.05, 4.69) is 5.32 Å². The fourth-order valence-electron chi connectivity index (χ4n) is 4.50. The Labute approximate surface area is 198 Å². The van der Waals surface area contributed by atoms with Crippen molar-refractivity contribution in [2.45, 2.75) is 38.7 Å². The number of hydrogen-bond acceptors (Lipinski definition) is 5. The fraction of sp³-hybridized carbons (Fsp3) is 0.296. The third-order valence-electron chi connectivity index (χ3n) is 6.36. The second kappa shape index (κ2) is 10.1. The van der Waals surface area contributed by atoms with Gasteiger partial charge in [0, 0.05) is 31.0 Å². The standard InChI is InChI=1S/C27H28N2O5/c1-19-16-23(17-20(2)25(19)34-18-21-6-4-3-5-7-21)28-26(30)27(12-14-33-15-13-27)22-8-10-24(11-9-22)29(31)32/h3-11,16-17H,12-15,18H2,1-2H3,(H,28,30). The number of non-ortho nitro benzene ring substituents is 1. The number of carbonyl (C=O) groups is 1. The molecule has 1 saturated heterocycles. The van der Waals surface area contributed by atoms with Crippen LogP contribution in [0.4, 0.5) is 11.4 Å². The summed E-state index contributed by atoms with van der Waals surface area (Å²) >= 11 is 0. The lowest BCUT2D eigenvalue weighted by molar-refractivity contribution is -0.384. The van der Waals surface area contributed by atoms with Gasteiger partial charge in [0.15, 0.2) is 0 Å². The molecule has 0 saturated carbocycles. The molecule has 1 heterocycles. The molecule has 7 nitrogen and oxygen atoms in total. The van der Waals surface area contributed by atoms with E-state index in [9.17, 15) is 14.9 Å². The molecule has 0 spiro atoms. The van der Waals surface area contributed by atoms with Crippen molar-refractivity contribution < 1.29 is 19.2 Å². The third-order valence-corrected chi connectivity index (χ3v) is 6.36. The smallest absolute Gasteiger partial charge is 0.269 e. The zero-order chi connectivity index (χ0) is 24.1. The molecule has 0 bridgehead atoms. The minimum Gasteiger partial charge on any atom is -0.488 e. The molecule has 3 aromatic carbocycles. The average molecular weight is 461 g/mol. The first-order valence-electron chi connectivity index (χ1n) is 11.3. The van der Waals surface area contributed by atoms with E-state index < -0.39 is 10.3 Å². The number of carbonyl (C=O) groups excluding carboxylic acids is 1. The number of amides is 1. The molecule has 4 rings (SSSR count). The molecular weight excluding hydrogens is 432 g/mol. The first kappa shape index (κ1) is 23.4. The van der Waals surface area contributed by atoms with Gasteiger partial charge in [0.1, 0.15) is 12.4 Å². The largest absolute Gasteiger partial charge is 0.488 e. The molecule has 3 aromatic rings. The average Bonchev–Trinajstić information content (AvgIpc) is 2.84. The van der Waals surface area contributed by atoms with Crippen molar-refractivity contribution in [3.05, 3.63) is 99.1 Å². The molecule has 1 amide bonds. The van der Waals surface area contributed by atoms with E-state index in [1.54, 1.807) is 12.1 Å². The molecule has 0 radical (unpaired) electrons. The van der Waals surface area contributed by atoms with Gasteiger partial charge in [-0.15, -0.1) is 0 Å². The highest BCUT2D eigenvalue weighted by atomic mass is 16.6. The molecule has 0 atom stereocenters. The quantitative estimate of drug-likeness (QED) is 0.373. The van der Waals surface area contributed by atoms with Crippen LogP contribution < -0.4 is 10.1 Å². The lowest BCUT2D eigenvalue weighted by Gasteiger charge is -2.36. The molecule has 0 unspecified atom stereocenters. The molecule has 1 aliphatic rings. The Morgan fingerprint density at radius 2 is 1.65 bits per heavy atom. The van der Waals surface area contributed by atoms with Crippen molar-refractivity contribution in [2.24, 2.45) is 0 Å². The predicted molar refractivity (Wildman–Crippen MR) is 130 cm³/mol. The molecule has 1 fully saturated rings. The Balaban J connectivity index is 1.55. The number of nitro benzene ring substituents is 1. The summed E-state index contributed by atoms with van der Waals surface area (Å²) in [5, 5.41) is 14.1. The summed E-state index contributed by atoms with van der Waals surface area (Å²) < 4.78 is 11.6. The summed E-state index contributed by atoms with van der Waals surface area (Å²) in [5.74, 6) is 0.666. The highest BCUT2D eigenvalue weighted by molar-refractivity contribution is 5.99. The Bertz CT molecular complexity index is 1150. The van der Waals surface area contributed by atoms with Crippen molar-refractivity contribution in [3.63, 3.8) is 0 Å². The summed E-state index contributed by atoms with van der Waals surface area (Å²) in [6.45, 7) is 5.30. The highest BCUT2D eigenvalue weighted by Crippen LogP contribution is 2.37. The fourth-order valence-corrected chi connectivity index (χ4v) is 4.50. The minimum absolute atomic E-state index is 0.00343. The van der Waals surface area contributed by atoms with Crippen LogP contribution in [-0.4, -0.2) is 24.0 Å². The van der Waals surface area contributed by atoms with Gasteiger partial charge in [-0.05, 0) is 61.1 Å². The molecule has 34 heavy (non-hydrogen) atoms. The van der Waals surface area contributed by atoms with Crippen molar-refractivity contribution in [1.29, 1.82) is 0 Å². The monoisotopic (exact) mass is 460 g/mol. The van der Waals surface area contributed by atoms with Crippen LogP contribution in [0, 0.1) is 24.0 Å². The number of rotatable bonds is 7. The number of hydrogen-bond donors (Lipinski definition) is 1. The summed E-state index contributed by atoms with van der Waals surface area (Å²) in [6, 6.07) is 20.1. The summed E-state index contributed by atoms with van der Waals surface area (Å²) in [5.41, 5.74) is 3.60. The van der Waals surface area contributed by atoms with Crippen molar-refractivity contribution >= 4 is 17.3 Å². The second-order valence-corrected chi connectivity index (χ2v) is 8.67. The minimum atomic E-state index is -0.808. The number of benzene rings is 3. The van der Waals surface area contributed by atoms with Crippen molar-refractivity contribution in [3.8, 4) is 5.75 Å². The van der Waals surface area contributed by atoms with Gasteiger partial charge >= 0.3 is 0 Å². The van der Waals surface area contributed by atoms with Crippen LogP contribution in [0.25, 0.3) is 0 Å². The summed E-state index contributed by atoms with van der Waals surface area (Å²) in [4.78, 5) is 24.2. The molecule has 7 heteroatoms. The Morgan fingerprint density at radius 3 is 2.24 bits per heavy atom. The van der Waals surface area contributed by atoms with Crippen LogP contribution in [0.2, 0.25) is 0 Å². The van der Waals surface area contributed by atoms with Crippen LogP contribution in [-0.2, 0) is 21.6 Å². The zero-order valence-corrected chi connectivity index (χ0v) is 19.4. The number of anilines is 1. The van der Waals surface area contributed by atoms with Gasteiger partial charge in [-0.3, -0.25) is 14.9 Å². The number of ether oxygens (including phenoxy) is 2. The van der Waals surface area contributed by atoms with Crippen molar-refractivity contribution in [2.75, 3.05) is 18.5 Å². The lowest BCUT2D eigenvalue weighted by atomic mass is 9.73. The third kappa shape index (κ3) is 4.94. The first-order valence-corrected chi connectivity index (χ1v) is 11.3. The number of nitrogens with zero attached hydrogens (tertiary/aromatic N) is 1. The van der Waals surface area contributed by atoms with E-state index in [-0.39, 0.29) is 11.6 Å². The highest BCUT2D eigenvalue weighted by Gasteiger charge is 2.42. The van der Waals surface area contributed by atoms with Crippen LogP contribution in [0.3, 0.4) is 0 Å². The van der Waals surface area contributed by atoms with Crippen LogP contribution in [0.1, 0.15) is 35.1 Å². The molecule has 1 aliphatic heterocycles. The number of nitro groups is 1. The maximum atomic E-state index is 13.6. The molecular formula is C27H28N2O5. The lowest BCUT2D eigenvalue weighted by Crippen LogP contribution is -2.44. The topological polar surface area (TPSA) is 90.7 Å². The summed E-state index contributed by atoms with van der Waals surface area (Å²) in [7, 11) is 0. The van der Waals surface area contributed by atoms with E-state index in [0.29, 0.717) is 38.3 Å². The molecule has 0 aromatic heterocycles. The maximum Gasteiger partial charge on any atom is 0.269 e. The maximum absolute atomic E-state index is 13.6. The Hall–Kier alpha value is -3.71. The van der Waals surface area contributed by atoms with Gasteiger partial charge in [-0.2, -0.15) is 0 Å². The van der Waals surface area contributed by atoms with Crippen LogP contribution in [0.15, 0.2) is 66.7 Å². The molecule has 176 valence electrons. The van der Waals surface area contributed by atoms with E-state index in [1.165, 1.54) is 12.1 Å². The van der Waals surface area contributed by atoms with Crippen LogP contribution in [0.5, 0.6) is 5.75 Å². The van der Waals surface area contributed by atoms with Gasteiger partial charge < -0.3 is 14.8 Å². The van der Waals surface area contributed by atoms with Gasteiger partial charge in [0.2, 0.25) is 5.91 Å². The SMILES string of the molecule is Cc1cc(NC(=O)C2(c3ccc([N+](=O)[O-])cc3)CCOCC2)cc(C)c1OCc1ccccc1. The Kier molecular flexibility index (Phi) is 6.93. The predicted octanol–water partition coefficient (Wildman–Crippen LogP) is 5.48. The van der Waals surface area contributed by atoms with E-state index in [0.717, 1.165) is 28.0 Å². The van der Waals surface area contributed by atoms with Gasteiger partial charge in [0.25, 0.3) is 5.69 Å². The van der Waals surface area contributed by atoms with Gasteiger partial charge in [-0.25, -0.2) is 0 Å². The van der Waals surface area contributed by atoms with Gasteiger partial charge in [0.05, 0.1) is 10.3 Å². The number of aryl methyl sites for hydroxylation is 2. The Morgan fingerprint density at radius 1 is 1.03 bits per heavy atom. The van der Waals surface area contributed by atoms with Crippen molar-refractivity contribution in [1.82, 2.24) is 0 Å². The normalized spacial score (nSPS) is 14.9. The second-order valence-electron chi connectivity index (χ2n) is 8.67. The van der Waals surface area contributed by atoms with E-state index in [1.807, 2.05) is 56.3 Å². The molecule has 0 aliphatic carbocycles. The summed E-state index contributed by atoms with van der Waals surface area (Å²) in [6.07, 6.45) is 1.01. The zero-order valence-electron chi connectivity index (χ0n) is 19.4. The number of nitrogens with one attached hydrogen (secondary N) is 1. The van der Waals surface area contributed by atoms with E-state index >= 15 is 0 Å². The van der Waals surface area contributed by atoms with E-state index in [4.69, 9.17) is 9.47 Å². The van der Waals surface area contributed by atoms with Gasteiger partial charge in [-0.1, -0.05) is 42.5 Å².